The number of aromatic nitrogens is 2. The van der Waals surface area contributed by atoms with E-state index < -0.39 is 0 Å². The van der Waals surface area contributed by atoms with E-state index in [1.54, 1.807) is 0 Å². The normalized spacial score (nSPS) is 16.8. The molecule has 0 saturated carbocycles. The number of para-hydroxylation sites is 1. The van der Waals surface area contributed by atoms with Crippen LogP contribution in [0.4, 0.5) is 0 Å². The summed E-state index contributed by atoms with van der Waals surface area (Å²) in [6, 6.07) is 18.0. The molecule has 2 aromatic carbocycles. The van der Waals surface area contributed by atoms with Gasteiger partial charge in [0.15, 0.2) is 0 Å². The molecule has 3 aromatic rings. The lowest BCUT2D eigenvalue weighted by Gasteiger charge is -2.16. The highest BCUT2D eigenvalue weighted by molar-refractivity contribution is 6.00. The van der Waals surface area contributed by atoms with Crippen LogP contribution in [-0.4, -0.2) is 33.7 Å². The number of hydrogen-bond donors (Lipinski definition) is 0. The van der Waals surface area contributed by atoms with Crippen molar-refractivity contribution in [1.29, 1.82) is 0 Å². The molecule has 4 heteroatoms. The maximum atomic E-state index is 13.2. The molecule has 1 saturated heterocycles. The highest BCUT2D eigenvalue weighted by atomic mass is 16.2. The Hall–Kier alpha value is -2.88. The van der Waals surface area contributed by atoms with E-state index in [-0.39, 0.29) is 5.91 Å². The van der Waals surface area contributed by atoms with Crippen molar-refractivity contribution in [2.75, 3.05) is 13.1 Å². The number of carbonyl (C=O) groups excluding carboxylic acids is 1. The average molecular weight is 345 g/mol. The Labute approximate surface area is 154 Å². The third-order valence-corrected chi connectivity index (χ3v) is 5.08. The molecule has 0 spiro atoms. The Morgan fingerprint density at radius 1 is 1.08 bits per heavy atom. The molecule has 1 fully saturated rings. The van der Waals surface area contributed by atoms with Crippen LogP contribution in [0.5, 0.6) is 0 Å². The van der Waals surface area contributed by atoms with Gasteiger partial charge in [-0.25, -0.2) is 4.68 Å². The number of carbonyl (C=O) groups is 1. The Kier molecular flexibility index (Phi) is 4.33. The first-order valence-corrected chi connectivity index (χ1v) is 9.14. The zero-order chi connectivity index (χ0) is 18.1. The molecular weight excluding hydrogens is 322 g/mol. The van der Waals surface area contributed by atoms with Gasteiger partial charge in [-0.1, -0.05) is 49.4 Å². The summed E-state index contributed by atoms with van der Waals surface area (Å²) in [6.45, 7) is 5.90. The monoisotopic (exact) mass is 345 g/mol. The summed E-state index contributed by atoms with van der Waals surface area (Å²) in [6.07, 6.45) is 2.95. The summed E-state index contributed by atoms with van der Waals surface area (Å²) in [7, 11) is 0. The molecule has 0 bridgehead atoms. The van der Waals surface area contributed by atoms with Gasteiger partial charge in [0, 0.05) is 24.8 Å². The highest BCUT2D eigenvalue weighted by Crippen LogP contribution is 2.29. The maximum Gasteiger partial charge on any atom is 0.257 e. The van der Waals surface area contributed by atoms with Crippen molar-refractivity contribution in [2.45, 2.75) is 20.3 Å². The van der Waals surface area contributed by atoms with Crippen molar-refractivity contribution < 1.29 is 4.79 Å². The quantitative estimate of drug-likeness (QED) is 0.709. The molecule has 1 aromatic heterocycles. The highest BCUT2D eigenvalue weighted by Gasteiger charge is 2.28. The fourth-order valence-corrected chi connectivity index (χ4v) is 3.57. The van der Waals surface area contributed by atoms with Gasteiger partial charge in [0.2, 0.25) is 0 Å². The second-order valence-electron chi connectivity index (χ2n) is 7.13. The molecule has 1 aliphatic heterocycles. The van der Waals surface area contributed by atoms with Crippen LogP contribution in [-0.2, 0) is 0 Å². The van der Waals surface area contributed by atoms with Crippen LogP contribution in [0.15, 0.2) is 60.8 Å². The van der Waals surface area contributed by atoms with Gasteiger partial charge in [0.25, 0.3) is 5.91 Å². The van der Waals surface area contributed by atoms with Crippen molar-refractivity contribution in [3.05, 3.63) is 71.9 Å². The van der Waals surface area contributed by atoms with Crippen molar-refractivity contribution in [3.8, 4) is 16.9 Å². The summed E-state index contributed by atoms with van der Waals surface area (Å²) >= 11 is 0. The first-order chi connectivity index (χ1) is 12.6. The molecule has 0 aliphatic carbocycles. The van der Waals surface area contributed by atoms with Crippen LogP contribution in [0.3, 0.4) is 0 Å². The number of nitrogens with zero attached hydrogens (tertiary/aromatic N) is 3. The fraction of sp³-hybridized carbons (Fsp3) is 0.273. The zero-order valence-electron chi connectivity index (χ0n) is 15.2. The molecule has 1 unspecified atom stereocenters. The molecule has 4 rings (SSSR count). The number of hydrogen-bond acceptors (Lipinski definition) is 2. The molecular formula is C22H23N3O. The van der Waals surface area contributed by atoms with Crippen molar-refractivity contribution >= 4 is 5.91 Å². The van der Waals surface area contributed by atoms with Gasteiger partial charge in [-0.2, -0.15) is 5.10 Å². The first-order valence-electron chi connectivity index (χ1n) is 9.14. The predicted octanol–water partition coefficient (Wildman–Crippen LogP) is 4.33. The number of benzene rings is 2. The van der Waals surface area contributed by atoms with Gasteiger partial charge in [0.1, 0.15) is 5.69 Å². The van der Waals surface area contributed by atoms with Gasteiger partial charge >= 0.3 is 0 Å². The van der Waals surface area contributed by atoms with E-state index in [2.05, 4.69) is 19.9 Å². The largest absolute Gasteiger partial charge is 0.338 e. The molecule has 1 amide bonds. The number of likely N-dealkylation sites (tertiary alicyclic amines) is 1. The van der Waals surface area contributed by atoms with E-state index in [0.717, 1.165) is 42.0 Å². The third-order valence-electron chi connectivity index (χ3n) is 5.08. The molecule has 26 heavy (non-hydrogen) atoms. The Morgan fingerprint density at radius 3 is 2.50 bits per heavy atom. The van der Waals surface area contributed by atoms with Gasteiger partial charge in [-0.3, -0.25) is 4.79 Å². The Morgan fingerprint density at radius 2 is 1.81 bits per heavy atom. The van der Waals surface area contributed by atoms with E-state index in [9.17, 15) is 4.79 Å². The minimum absolute atomic E-state index is 0.0785. The lowest BCUT2D eigenvalue weighted by molar-refractivity contribution is 0.0789. The van der Waals surface area contributed by atoms with Gasteiger partial charge < -0.3 is 4.90 Å². The van der Waals surface area contributed by atoms with Crippen LogP contribution < -0.4 is 0 Å². The number of aryl methyl sites for hydroxylation is 1. The second-order valence-corrected chi connectivity index (χ2v) is 7.13. The Bertz CT molecular complexity index is 930. The zero-order valence-corrected chi connectivity index (χ0v) is 15.2. The van der Waals surface area contributed by atoms with E-state index in [0.29, 0.717) is 11.5 Å². The van der Waals surface area contributed by atoms with Crippen LogP contribution in [0.25, 0.3) is 16.9 Å². The van der Waals surface area contributed by atoms with E-state index >= 15 is 0 Å². The molecule has 132 valence electrons. The SMILES string of the molecule is Cc1ccccc1-c1nn(-c2ccccc2)cc1C(=O)N1CCC(C)C1. The summed E-state index contributed by atoms with van der Waals surface area (Å²) in [4.78, 5) is 15.2. The van der Waals surface area contributed by atoms with Crippen molar-refractivity contribution in [1.82, 2.24) is 14.7 Å². The van der Waals surface area contributed by atoms with Gasteiger partial charge in [-0.05, 0) is 37.0 Å². The molecule has 0 radical (unpaired) electrons. The lowest BCUT2D eigenvalue weighted by atomic mass is 10.0. The summed E-state index contributed by atoms with van der Waals surface area (Å²) < 4.78 is 1.81. The van der Waals surface area contributed by atoms with Crippen LogP contribution in [0, 0.1) is 12.8 Å². The van der Waals surface area contributed by atoms with Crippen LogP contribution >= 0.6 is 0 Å². The summed E-state index contributed by atoms with van der Waals surface area (Å²) in [5.74, 6) is 0.639. The van der Waals surface area contributed by atoms with Crippen LogP contribution in [0.2, 0.25) is 0 Å². The molecule has 1 aliphatic rings. The van der Waals surface area contributed by atoms with E-state index in [1.807, 2.05) is 64.3 Å². The number of amides is 1. The first kappa shape index (κ1) is 16.6. The standard InChI is InChI=1S/C22H23N3O/c1-16-12-13-24(14-16)22(26)20-15-25(18-9-4-3-5-10-18)23-21(20)19-11-7-6-8-17(19)2/h3-11,15-16H,12-14H2,1-2H3. The van der Waals surface area contributed by atoms with E-state index in [4.69, 9.17) is 5.10 Å². The average Bonchev–Trinajstić information content (AvgIpc) is 3.29. The van der Waals surface area contributed by atoms with Crippen LogP contribution in [0.1, 0.15) is 29.3 Å². The minimum Gasteiger partial charge on any atom is -0.338 e. The maximum absolute atomic E-state index is 13.2. The fourth-order valence-electron chi connectivity index (χ4n) is 3.57. The van der Waals surface area contributed by atoms with E-state index in [1.165, 1.54) is 0 Å². The summed E-state index contributed by atoms with van der Waals surface area (Å²) in [5, 5.41) is 4.79. The second kappa shape index (κ2) is 6.79. The molecule has 4 nitrogen and oxygen atoms in total. The summed E-state index contributed by atoms with van der Waals surface area (Å²) in [5.41, 5.74) is 4.53. The van der Waals surface area contributed by atoms with Gasteiger partial charge in [0.05, 0.1) is 11.3 Å². The topological polar surface area (TPSA) is 38.1 Å². The lowest BCUT2D eigenvalue weighted by Crippen LogP contribution is -2.28. The molecule has 1 atom stereocenters. The molecule has 2 heterocycles. The van der Waals surface area contributed by atoms with Gasteiger partial charge in [-0.15, -0.1) is 0 Å². The third kappa shape index (κ3) is 3.03. The van der Waals surface area contributed by atoms with Crippen molar-refractivity contribution in [2.24, 2.45) is 5.92 Å². The molecule has 0 N–H and O–H groups in total. The number of rotatable bonds is 3. The Balaban J connectivity index is 1.82. The minimum atomic E-state index is 0.0785. The van der Waals surface area contributed by atoms with Crippen molar-refractivity contribution in [3.63, 3.8) is 0 Å². The smallest absolute Gasteiger partial charge is 0.257 e. The predicted molar refractivity (Wildman–Crippen MR) is 103 cm³/mol.